The van der Waals surface area contributed by atoms with E-state index in [1.165, 1.54) is 21.6 Å². The summed E-state index contributed by atoms with van der Waals surface area (Å²) < 4.78 is 215. The number of benzene rings is 7. The number of hydrogen-bond donors (Lipinski definition) is 0. The average molecular weight is 888 g/mol. The zero-order valence-electron chi connectivity index (χ0n) is 60.5. The predicted molar refractivity (Wildman–Crippen MR) is 285 cm³/mol. The molecule has 0 fully saturated rings. The highest BCUT2D eigenvalue weighted by molar-refractivity contribution is 7.33. The largest absolute Gasteiger partial charge is 0.310 e. The van der Waals surface area contributed by atoms with Crippen LogP contribution in [0.15, 0.2) is 145 Å². The molecule has 65 heavy (non-hydrogen) atoms. The maximum absolute atomic E-state index is 10.0. The quantitative estimate of drug-likeness (QED) is 0.163. The van der Waals surface area contributed by atoms with E-state index in [1.807, 2.05) is 0 Å². The van der Waals surface area contributed by atoms with E-state index in [0.29, 0.717) is 0 Å². The molecule has 7 aromatic carbocycles. The van der Waals surface area contributed by atoms with Crippen molar-refractivity contribution in [3.63, 3.8) is 0 Å². The van der Waals surface area contributed by atoms with Crippen LogP contribution in [-0.4, -0.2) is 11.3 Å². The fourth-order valence-corrected chi connectivity index (χ4v) is 9.88. The molecule has 0 saturated carbocycles. The zero-order chi connectivity index (χ0) is 64.7. The number of nitrogens with zero attached hydrogens (tertiary/aromatic N) is 3. The summed E-state index contributed by atoms with van der Waals surface area (Å²) in [4.78, 5) is 2.36. The Morgan fingerprint density at radius 1 is 0.508 bits per heavy atom. The molecule has 0 atom stereocenters. The van der Waals surface area contributed by atoms with Gasteiger partial charge in [0.1, 0.15) is 0 Å². The van der Waals surface area contributed by atoms with Crippen LogP contribution in [0.1, 0.15) is 135 Å². The van der Waals surface area contributed by atoms with E-state index in [0.717, 1.165) is 16.2 Å². The highest BCUT2D eigenvalue weighted by Crippen LogP contribution is 2.49. The summed E-state index contributed by atoms with van der Waals surface area (Å²) in [5.41, 5.74) is -6.01. The highest BCUT2D eigenvalue weighted by Gasteiger charge is 2.45. The van der Waals surface area contributed by atoms with E-state index >= 15 is 0 Å². The van der Waals surface area contributed by atoms with Gasteiger partial charge in [-0.05, 0) is 121 Å². The van der Waals surface area contributed by atoms with Crippen molar-refractivity contribution >= 4 is 99.8 Å². The molecule has 3 nitrogen and oxygen atoms in total. The minimum absolute atomic E-state index is 0.000769. The van der Waals surface area contributed by atoms with Gasteiger partial charge in [-0.3, -0.25) is 0 Å². The Morgan fingerprint density at radius 2 is 1.03 bits per heavy atom. The number of fused-ring (bicyclic) bond motifs is 9. The van der Waals surface area contributed by atoms with Gasteiger partial charge in [0, 0.05) is 59.6 Å². The molecular formula is C60H60BN3S. The standard InChI is InChI=1S/C60H60BN3S/c1-57(2,3)37-20-27-41(28-21-37)62(42-29-22-38(23-30-42)58(4,5)6)44-35-50-53-51(36-44)64-49-33-26-40(60(10,11)12)34-47(49)45-17-15-18-48(54(45)64)61(53)56-55(46-16-13-14-19-52(46)65-56)63(50)43-31-24-39(25-32-43)59(7,8)9/h13-36H,1-12H3/i13D,14D,15D,16D,17D,18D,19D,20D,21D,22D,23D,24D,25D,26D,27D,28D,29D,30D,31D,32D,33D,34D. The molecule has 2 aliphatic rings. The summed E-state index contributed by atoms with van der Waals surface area (Å²) in [7, 11) is 0. The van der Waals surface area contributed by atoms with Gasteiger partial charge in [-0.25, -0.2) is 0 Å². The first-order valence-electron chi connectivity index (χ1n) is 32.7. The normalized spacial score (nSPS) is 18.5. The lowest BCUT2D eigenvalue weighted by molar-refractivity contribution is 0.590. The van der Waals surface area contributed by atoms with Crippen molar-refractivity contribution in [1.29, 1.82) is 0 Å². The fourth-order valence-electron chi connectivity index (χ4n) is 8.67. The van der Waals surface area contributed by atoms with Crippen molar-refractivity contribution in [3.05, 3.63) is 167 Å². The Balaban J connectivity index is 1.50. The molecule has 11 rings (SSSR count). The number of hydrogen-bond acceptors (Lipinski definition) is 3. The van der Waals surface area contributed by atoms with Crippen molar-refractivity contribution in [2.75, 3.05) is 9.80 Å². The molecule has 2 aliphatic heterocycles. The van der Waals surface area contributed by atoms with E-state index in [2.05, 4.69) is 0 Å². The highest BCUT2D eigenvalue weighted by atomic mass is 32.1. The minimum atomic E-state index is -1.36. The number of rotatable bonds is 4. The summed E-state index contributed by atoms with van der Waals surface area (Å²) in [6.45, 7) is 19.3. The van der Waals surface area contributed by atoms with Crippen molar-refractivity contribution in [2.45, 2.75) is 105 Å². The SMILES string of the molecule is [2H]c1c([2H])c(C(C)(C)C)c([2H])c([2H])c1N(c1cc2c3c(c1)-n1c4c([2H])c([2H])c(C(C)(C)C)c([2H])c4c4c([2H])c([2H])c([2H])c(c41)B3c1sc3c([2H])c([2H])c([2H])c([2H])c3c1N2c1c([2H])c([2H])c(C(C)(C)C)c([2H])c1[2H])c1c([2H])c([2H])c(C(C)(C)C)c([2H])c1[2H]. The summed E-state index contributed by atoms with van der Waals surface area (Å²) in [6, 6.07) is -9.23. The van der Waals surface area contributed by atoms with Gasteiger partial charge in [0.05, 0.1) is 47.0 Å². The second kappa shape index (κ2) is 14.2. The van der Waals surface area contributed by atoms with Gasteiger partial charge in [-0.1, -0.05) is 162 Å². The van der Waals surface area contributed by atoms with Gasteiger partial charge < -0.3 is 14.4 Å². The Labute approximate surface area is 421 Å². The van der Waals surface area contributed by atoms with Crippen molar-refractivity contribution in [2.24, 2.45) is 0 Å². The van der Waals surface area contributed by atoms with Crippen LogP contribution in [0.25, 0.3) is 37.6 Å². The predicted octanol–water partition coefficient (Wildman–Crippen LogP) is 15.3. The first-order chi connectivity index (χ1) is 40.0. The molecule has 0 N–H and O–H groups in total. The smallest absolute Gasteiger partial charge is 0.264 e. The first-order valence-corrected chi connectivity index (χ1v) is 22.5. The van der Waals surface area contributed by atoms with Gasteiger partial charge in [-0.2, -0.15) is 0 Å². The molecule has 2 aromatic heterocycles. The van der Waals surface area contributed by atoms with Gasteiger partial charge in [0.15, 0.2) is 0 Å². The molecule has 0 aliphatic carbocycles. The van der Waals surface area contributed by atoms with Gasteiger partial charge >= 0.3 is 0 Å². The third-order valence-corrected chi connectivity index (χ3v) is 13.3. The Hall–Kier alpha value is -6.04. The molecule has 0 saturated heterocycles. The lowest BCUT2D eigenvalue weighted by Crippen LogP contribution is -2.59. The molecule has 0 spiro atoms. The number of anilines is 6. The summed E-state index contributed by atoms with van der Waals surface area (Å²) >= 11 is 0.886. The summed E-state index contributed by atoms with van der Waals surface area (Å²) in [5, 5.41) is -0.277. The Morgan fingerprint density at radius 3 is 1.62 bits per heavy atom. The van der Waals surface area contributed by atoms with Crippen molar-refractivity contribution in [1.82, 2.24) is 4.57 Å². The number of aromatic nitrogens is 1. The maximum atomic E-state index is 10.0. The molecule has 5 heteroatoms. The average Bonchev–Trinajstić information content (AvgIpc) is 1.57. The van der Waals surface area contributed by atoms with Crippen LogP contribution in [0, 0.1) is 0 Å². The van der Waals surface area contributed by atoms with E-state index in [4.69, 9.17) is 2.74 Å². The van der Waals surface area contributed by atoms with E-state index in [-0.39, 0.29) is 105 Å². The van der Waals surface area contributed by atoms with Crippen LogP contribution >= 0.6 is 11.3 Å². The van der Waals surface area contributed by atoms with E-state index < -0.39 is 166 Å². The third kappa shape index (κ3) is 6.59. The van der Waals surface area contributed by atoms with Crippen LogP contribution in [0.4, 0.5) is 34.1 Å². The van der Waals surface area contributed by atoms with E-state index in [1.54, 1.807) is 83.1 Å². The monoisotopic (exact) mass is 888 g/mol. The molecule has 0 unspecified atom stereocenters. The molecule has 4 heterocycles. The van der Waals surface area contributed by atoms with Crippen LogP contribution in [0.2, 0.25) is 0 Å². The number of thiophene rings is 1. The van der Waals surface area contributed by atoms with Gasteiger partial charge in [0.25, 0.3) is 6.71 Å². The molecule has 9 aromatic rings. The lowest BCUT2D eigenvalue weighted by atomic mass is 9.36. The van der Waals surface area contributed by atoms with Gasteiger partial charge in [-0.15, -0.1) is 11.3 Å². The first kappa shape index (κ1) is 23.9. The molecular weight excluding hydrogens is 806 g/mol. The summed E-state index contributed by atoms with van der Waals surface area (Å²) in [6.07, 6.45) is 0. The Kier molecular flexibility index (Phi) is 5.24. The third-order valence-electron chi connectivity index (χ3n) is 12.1. The molecule has 0 amide bonds. The second-order valence-electron chi connectivity index (χ2n) is 21.0. The number of para-hydroxylation sites is 1. The zero-order valence-corrected chi connectivity index (χ0v) is 39.3. The molecule has 0 radical (unpaired) electrons. The van der Waals surface area contributed by atoms with E-state index in [9.17, 15) is 27.4 Å². The fraction of sp³-hybridized carbons (Fsp3) is 0.267. The summed E-state index contributed by atoms with van der Waals surface area (Å²) in [5.74, 6) is 0. The second-order valence-corrected chi connectivity index (χ2v) is 22.1. The van der Waals surface area contributed by atoms with Crippen LogP contribution in [-0.2, 0) is 21.7 Å². The Bertz CT molecular complexity index is 4500. The van der Waals surface area contributed by atoms with Crippen molar-refractivity contribution < 1.29 is 30.2 Å². The molecule has 0 bridgehead atoms. The molecule has 324 valence electrons. The van der Waals surface area contributed by atoms with Crippen LogP contribution in [0.3, 0.4) is 0 Å². The van der Waals surface area contributed by atoms with Crippen LogP contribution in [0.5, 0.6) is 0 Å². The van der Waals surface area contributed by atoms with Gasteiger partial charge in [0.2, 0.25) is 0 Å². The lowest BCUT2D eigenvalue weighted by Gasteiger charge is -2.40. The maximum Gasteiger partial charge on any atom is 0.264 e. The van der Waals surface area contributed by atoms with Crippen LogP contribution < -0.4 is 25.5 Å². The topological polar surface area (TPSA) is 11.4 Å². The minimum Gasteiger partial charge on any atom is -0.310 e. The van der Waals surface area contributed by atoms with Crippen molar-refractivity contribution in [3.8, 4) is 5.69 Å².